The number of carbonyl (C=O) groups excluding carboxylic acids is 3. The van der Waals surface area contributed by atoms with Crippen LogP contribution in [0.5, 0.6) is 0 Å². The maximum Gasteiger partial charge on any atom is 0.293 e. The first-order valence-electron chi connectivity index (χ1n) is 6.94. The molecule has 7 heteroatoms. The summed E-state index contributed by atoms with van der Waals surface area (Å²) in [5.74, 6) is -0.654. The van der Waals surface area contributed by atoms with Crippen molar-refractivity contribution >= 4 is 46.1 Å². The smallest absolute Gasteiger partial charge is 0.293 e. The molecule has 1 fully saturated rings. The third-order valence-electron chi connectivity index (χ3n) is 3.44. The average Bonchev–Trinajstić information content (AvgIpc) is 3.17. The fraction of sp³-hybridized carbons (Fsp3) is 0.188. The highest BCUT2D eigenvalue weighted by molar-refractivity contribution is 8.18. The molecule has 0 aromatic carbocycles. The van der Waals surface area contributed by atoms with E-state index in [0.29, 0.717) is 10.5 Å². The van der Waals surface area contributed by atoms with Crippen molar-refractivity contribution < 1.29 is 14.4 Å². The van der Waals surface area contributed by atoms with E-state index in [9.17, 15) is 14.4 Å². The summed E-state index contributed by atoms with van der Waals surface area (Å²) in [7, 11) is 0. The molecule has 1 aliphatic rings. The van der Waals surface area contributed by atoms with Crippen LogP contribution < -0.4 is 0 Å². The molecule has 2 aromatic heterocycles. The molecular formula is C16H14N2O3S2. The first-order chi connectivity index (χ1) is 11.0. The average molecular weight is 346 g/mol. The topological polar surface area (TPSA) is 70.2 Å². The van der Waals surface area contributed by atoms with Gasteiger partial charge in [0.05, 0.1) is 11.4 Å². The minimum Gasteiger partial charge on any atom is -0.362 e. The van der Waals surface area contributed by atoms with Gasteiger partial charge in [-0.05, 0) is 49.2 Å². The Bertz CT molecular complexity index is 819. The Morgan fingerprint density at radius 3 is 2.74 bits per heavy atom. The number of aromatic nitrogens is 1. The Labute approximate surface area is 141 Å². The third-order valence-corrected chi connectivity index (χ3v) is 5.17. The second-order valence-corrected chi connectivity index (χ2v) is 7.17. The Kier molecular flexibility index (Phi) is 4.23. The predicted octanol–water partition coefficient (Wildman–Crippen LogP) is 3.61. The minimum atomic E-state index is -0.410. The standard InChI is InChI=1S/C16H14N2O3S2/c1-9-6-12(10(2)17-9)13(19)8-18-15(20)14(23-16(18)21)7-11-4-3-5-22-11/h3-7,17H,8H2,1-2H3/b14-7+. The zero-order valence-corrected chi connectivity index (χ0v) is 14.2. The molecule has 0 saturated carbocycles. The van der Waals surface area contributed by atoms with E-state index in [1.54, 1.807) is 19.1 Å². The van der Waals surface area contributed by atoms with Crippen LogP contribution in [0, 0.1) is 13.8 Å². The molecule has 0 bridgehead atoms. The van der Waals surface area contributed by atoms with Crippen LogP contribution in [0.2, 0.25) is 0 Å². The molecule has 0 atom stereocenters. The van der Waals surface area contributed by atoms with Gasteiger partial charge in [-0.1, -0.05) is 6.07 Å². The van der Waals surface area contributed by atoms with Crippen LogP contribution in [0.25, 0.3) is 6.08 Å². The Morgan fingerprint density at radius 2 is 2.13 bits per heavy atom. The van der Waals surface area contributed by atoms with Crippen molar-refractivity contribution in [2.75, 3.05) is 6.54 Å². The number of aryl methyl sites for hydroxylation is 2. The molecule has 1 saturated heterocycles. The van der Waals surface area contributed by atoms with Gasteiger partial charge in [-0.25, -0.2) is 0 Å². The van der Waals surface area contributed by atoms with Crippen molar-refractivity contribution in [3.63, 3.8) is 0 Å². The summed E-state index contributed by atoms with van der Waals surface area (Å²) in [6.45, 7) is 3.42. The van der Waals surface area contributed by atoms with Crippen molar-refractivity contribution in [1.29, 1.82) is 0 Å². The van der Waals surface area contributed by atoms with E-state index < -0.39 is 11.1 Å². The number of H-pyrrole nitrogens is 1. The van der Waals surface area contributed by atoms with Gasteiger partial charge >= 0.3 is 0 Å². The van der Waals surface area contributed by atoms with Crippen LogP contribution in [0.4, 0.5) is 4.79 Å². The summed E-state index contributed by atoms with van der Waals surface area (Å²) in [5.41, 5.74) is 2.13. The number of carbonyl (C=O) groups is 3. The van der Waals surface area contributed by atoms with Gasteiger partial charge in [-0.3, -0.25) is 19.3 Å². The number of nitrogens with zero attached hydrogens (tertiary/aromatic N) is 1. The summed E-state index contributed by atoms with van der Waals surface area (Å²) in [4.78, 5) is 42.1. The Hall–Kier alpha value is -2.12. The summed E-state index contributed by atoms with van der Waals surface area (Å²) < 4.78 is 0. The van der Waals surface area contributed by atoms with Gasteiger partial charge in [0.1, 0.15) is 0 Å². The molecule has 2 amide bonds. The molecule has 1 aliphatic heterocycles. The zero-order chi connectivity index (χ0) is 16.6. The predicted molar refractivity (Wildman–Crippen MR) is 91.6 cm³/mol. The van der Waals surface area contributed by atoms with Crippen molar-refractivity contribution in [3.8, 4) is 0 Å². The van der Waals surface area contributed by atoms with Gasteiger partial charge in [0.25, 0.3) is 11.1 Å². The Morgan fingerprint density at radius 1 is 1.35 bits per heavy atom. The highest BCUT2D eigenvalue weighted by Gasteiger charge is 2.36. The first kappa shape index (κ1) is 15.8. The number of aromatic amines is 1. The highest BCUT2D eigenvalue weighted by atomic mass is 32.2. The molecule has 0 unspecified atom stereocenters. The minimum absolute atomic E-state index is 0.232. The van der Waals surface area contributed by atoms with Crippen LogP contribution in [-0.4, -0.2) is 33.4 Å². The van der Waals surface area contributed by atoms with E-state index in [0.717, 1.165) is 32.9 Å². The first-order valence-corrected chi connectivity index (χ1v) is 8.63. The van der Waals surface area contributed by atoms with E-state index in [1.807, 2.05) is 24.4 Å². The third kappa shape index (κ3) is 3.16. The van der Waals surface area contributed by atoms with E-state index in [1.165, 1.54) is 11.3 Å². The summed E-state index contributed by atoms with van der Waals surface area (Å²) in [5, 5.41) is 1.49. The lowest BCUT2D eigenvalue weighted by molar-refractivity contribution is -0.122. The second-order valence-electron chi connectivity index (χ2n) is 5.20. The van der Waals surface area contributed by atoms with E-state index in [-0.39, 0.29) is 12.3 Å². The molecule has 0 aliphatic carbocycles. The number of thiophene rings is 1. The molecule has 118 valence electrons. The molecule has 0 spiro atoms. The van der Waals surface area contributed by atoms with Gasteiger partial charge in [0.2, 0.25) is 0 Å². The SMILES string of the molecule is Cc1cc(C(=O)CN2C(=O)S/C(=C/c3cccs3)C2=O)c(C)[nH]1. The van der Waals surface area contributed by atoms with Crippen LogP contribution >= 0.6 is 23.1 Å². The number of imide groups is 1. The number of amides is 2. The van der Waals surface area contributed by atoms with Gasteiger partial charge < -0.3 is 4.98 Å². The number of hydrogen-bond acceptors (Lipinski definition) is 5. The van der Waals surface area contributed by atoms with Crippen molar-refractivity contribution in [2.24, 2.45) is 0 Å². The van der Waals surface area contributed by atoms with Crippen molar-refractivity contribution in [2.45, 2.75) is 13.8 Å². The molecule has 5 nitrogen and oxygen atoms in total. The lowest BCUT2D eigenvalue weighted by Crippen LogP contribution is -2.33. The fourth-order valence-electron chi connectivity index (χ4n) is 2.38. The maximum absolute atomic E-state index is 12.4. The quantitative estimate of drug-likeness (QED) is 0.678. The van der Waals surface area contributed by atoms with E-state index >= 15 is 0 Å². The van der Waals surface area contributed by atoms with Crippen LogP contribution in [0.15, 0.2) is 28.5 Å². The molecular weight excluding hydrogens is 332 g/mol. The summed E-state index contributed by atoms with van der Waals surface area (Å²) in [6.07, 6.45) is 1.69. The molecule has 3 rings (SSSR count). The summed E-state index contributed by atoms with van der Waals surface area (Å²) in [6, 6.07) is 5.48. The van der Waals surface area contributed by atoms with Crippen molar-refractivity contribution in [3.05, 3.63) is 50.3 Å². The van der Waals surface area contributed by atoms with Gasteiger partial charge in [0, 0.05) is 21.8 Å². The number of Topliss-reactive ketones (excluding diaryl/α,β-unsaturated/α-hetero) is 1. The largest absolute Gasteiger partial charge is 0.362 e. The van der Waals surface area contributed by atoms with Gasteiger partial charge in [-0.15, -0.1) is 11.3 Å². The van der Waals surface area contributed by atoms with Crippen LogP contribution in [0.1, 0.15) is 26.6 Å². The van der Waals surface area contributed by atoms with Crippen LogP contribution in [0.3, 0.4) is 0 Å². The summed E-state index contributed by atoms with van der Waals surface area (Å²) >= 11 is 2.36. The number of thioether (sulfide) groups is 1. The fourth-order valence-corrected chi connectivity index (χ4v) is 3.94. The Balaban J connectivity index is 1.78. The molecule has 0 radical (unpaired) electrons. The van der Waals surface area contributed by atoms with Crippen molar-refractivity contribution in [1.82, 2.24) is 9.88 Å². The molecule has 2 aromatic rings. The van der Waals surface area contributed by atoms with Crippen LogP contribution in [-0.2, 0) is 4.79 Å². The molecule has 23 heavy (non-hydrogen) atoms. The number of hydrogen-bond donors (Lipinski definition) is 1. The monoisotopic (exact) mass is 346 g/mol. The number of ketones is 1. The van der Waals surface area contributed by atoms with Gasteiger partial charge in [-0.2, -0.15) is 0 Å². The lowest BCUT2D eigenvalue weighted by Gasteiger charge is -2.11. The zero-order valence-electron chi connectivity index (χ0n) is 12.6. The number of rotatable bonds is 4. The molecule has 1 N–H and O–H groups in total. The molecule has 3 heterocycles. The second kappa shape index (κ2) is 6.17. The maximum atomic E-state index is 12.4. The van der Waals surface area contributed by atoms with E-state index in [4.69, 9.17) is 0 Å². The normalized spacial score (nSPS) is 16.6. The van der Waals surface area contributed by atoms with Gasteiger partial charge in [0.15, 0.2) is 5.78 Å². The lowest BCUT2D eigenvalue weighted by atomic mass is 10.1. The number of nitrogens with one attached hydrogen (secondary N) is 1. The highest BCUT2D eigenvalue weighted by Crippen LogP contribution is 2.33. The van der Waals surface area contributed by atoms with E-state index in [2.05, 4.69) is 4.98 Å².